The number of benzene rings is 2. The minimum atomic E-state index is -0.594. The van der Waals surface area contributed by atoms with Gasteiger partial charge >= 0.3 is 0 Å². The first-order chi connectivity index (χ1) is 13.0. The number of nitrogens with one attached hydrogen (secondary N) is 2. The summed E-state index contributed by atoms with van der Waals surface area (Å²) in [5.41, 5.74) is 2.74. The van der Waals surface area contributed by atoms with E-state index in [0.717, 1.165) is 17.0 Å². The zero-order valence-electron chi connectivity index (χ0n) is 14.9. The normalized spacial score (nSPS) is 10.5. The molecule has 1 aromatic heterocycles. The average Bonchev–Trinajstić information content (AvgIpc) is 3.14. The van der Waals surface area contributed by atoms with Crippen LogP contribution in [0.15, 0.2) is 47.8 Å². The molecular formula is C20H18FN3O2S. The molecule has 0 radical (unpaired) electrons. The maximum atomic E-state index is 14.0. The number of hydrogen-bond acceptors (Lipinski definition) is 4. The van der Waals surface area contributed by atoms with Crippen LogP contribution in [0.3, 0.4) is 0 Å². The van der Waals surface area contributed by atoms with Crippen LogP contribution in [0.2, 0.25) is 0 Å². The van der Waals surface area contributed by atoms with Crippen LogP contribution in [-0.4, -0.2) is 16.8 Å². The number of nitrogens with zero attached hydrogens (tertiary/aromatic N) is 1. The van der Waals surface area contributed by atoms with Gasteiger partial charge in [-0.25, -0.2) is 9.37 Å². The molecule has 3 rings (SSSR count). The number of aryl methyl sites for hydroxylation is 1. The highest BCUT2D eigenvalue weighted by molar-refractivity contribution is 7.13. The van der Waals surface area contributed by atoms with E-state index in [0.29, 0.717) is 5.69 Å². The number of carbonyl (C=O) groups is 2. The molecular weight excluding hydrogens is 365 g/mol. The quantitative estimate of drug-likeness (QED) is 0.669. The molecule has 1 heterocycles. The van der Waals surface area contributed by atoms with Gasteiger partial charge in [0.2, 0.25) is 5.91 Å². The van der Waals surface area contributed by atoms with Crippen LogP contribution in [0, 0.1) is 5.82 Å². The Bertz CT molecular complexity index is 983. The molecule has 0 aliphatic carbocycles. The second kappa shape index (κ2) is 8.09. The van der Waals surface area contributed by atoms with E-state index in [1.54, 1.807) is 5.38 Å². The molecule has 0 atom stereocenters. The Labute approximate surface area is 160 Å². The summed E-state index contributed by atoms with van der Waals surface area (Å²) >= 11 is 1.35. The highest BCUT2D eigenvalue weighted by Gasteiger charge is 2.14. The number of hydrogen-bond donors (Lipinski definition) is 2. The number of rotatable bonds is 5. The van der Waals surface area contributed by atoms with E-state index in [-0.39, 0.29) is 17.3 Å². The number of anilines is 2. The third kappa shape index (κ3) is 4.57. The molecule has 0 spiro atoms. The van der Waals surface area contributed by atoms with Gasteiger partial charge in [0, 0.05) is 23.6 Å². The van der Waals surface area contributed by atoms with E-state index in [2.05, 4.69) is 22.5 Å². The Balaban J connectivity index is 1.77. The maximum Gasteiger partial charge on any atom is 0.275 e. The Kier molecular flexibility index (Phi) is 5.61. The molecule has 0 bridgehead atoms. The summed E-state index contributed by atoms with van der Waals surface area (Å²) in [5, 5.41) is 7.40. The van der Waals surface area contributed by atoms with Crippen LogP contribution in [0.5, 0.6) is 0 Å². The summed E-state index contributed by atoms with van der Waals surface area (Å²) < 4.78 is 14.0. The number of carbonyl (C=O) groups excluding carboxylic acids is 2. The maximum absolute atomic E-state index is 14.0. The number of thiazole rings is 1. The zero-order chi connectivity index (χ0) is 19.4. The first kappa shape index (κ1) is 18.7. The van der Waals surface area contributed by atoms with Crippen molar-refractivity contribution in [3.8, 4) is 10.6 Å². The molecule has 138 valence electrons. The van der Waals surface area contributed by atoms with Gasteiger partial charge in [0.15, 0.2) is 0 Å². The van der Waals surface area contributed by atoms with E-state index in [4.69, 9.17) is 0 Å². The standard InChI is InChI=1S/C20H18FN3O2S/c1-3-13-4-6-14(7-5-13)20-24-18(11-27-20)19(26)23-17-10-15(22-12(2)25)8-9-16(17)21/h4-11H,3H2,1-2H3,(H,22,25)(H,23,26). The van der Waals surface area contributed by atoms with Gasteiger partial charge in [0.05, 0.1) is 5.69 Å². The smallest absolute Gasteiger partial charge is 0.275 e. The van der Waals surface area contributed by atoms with Crippen molar-refractivity contribution in [1.29, 1.82) is 0 Å². The van der Waals surface area contributed by atoms with Crippen molar-refractivity contribution >= 4 is 34.5 Å². The topological polar surface area (TPSA) is 71.1 Å². The minimum Gasteiger partial charge on any atom is -0.326 e. The Morgan fingerprint density at radius 2 is 1.85 bits per heavy atom. The third-order valence-corrected chi connectivity index (χ3v) is 4.77. The van der Waals surface area contributed by atoms with Crippen LogP contribution in [0.1, 0.15) is 29.9 Å². The van der Waals surface area contributed by atoms with Gasteiger partial charge in [0.1, 0.15) is 16.5 Å². The number of aromatic nitrogens is 1. The van der Waals surface area contributed by atoms with Crippen molar-refractivity contribution in [2.24, 2.45) is 0 Å². The Morgan fingerprint density at radius 3 is 2.52 bits per heavy atom. The van der Waals surface area contributed by atoms with E-state index >= 15 is 0 Å². The lowest BCUT2D eigenvalue weighted by atomic mass is 10.1. The van der Waals surface area contributed by atoms with Crippen molar-refractivity contribution in [2.45, 2.75) is 20.3 Å². The van der Waals surface area contributed by atoms with Crippen molar-refractivity contribution in [3.05, 3.63) is 64.9 Å². The summed E-state index contributed by atoms with van der Waals surface area (Å²) in [6.45, 7) is 3.44. The molecule has 7 heteroatoms. The van der Waals surface area contributed by atoms with Gasteiger partial charge in [-0.1, -0.05) is 31.2 Å². The van der Waals surface area contributed by atoms with Gasteiger partial charge < -0.3 is 10.6 Å². The van der Waals surface area contributed by atoms with Crippen LogP contribution in [0.4, 0.5) is 15.8 Å². The van der Waals surface area contributed by atoms with E-state index in [1.807, 2.05) is 24.3 Å². The molecule has 0 aliphatic heterocycles. The van der Waals surface area contributed by atoms with Crippen LogP contribution in [-0.2, 0) is 11.2 Å². The SMILES string of the molecule is CCc1ccc(-c2nc(C(=O)Nc3cc(NC(C)=O)ccc3F)cs2)cc1. The highest BCUT2D eigenvalue weighted by atomic mass is 32.1. The molecule has 2 aromatic carbocycles. The molecule has 3 aromatic rings. The van der Waals surface area contributed by atoms with Crippen molar-refractivity contribution in [3.63, 3.8) is 0 Å². The van der Waals surface area contributed by atoms with Gasteiger partial charge in [0.25, 0.3) is 5.91 Å². The number of amides is 2. The first-order valence-corrected chi connectivity index (χ1v) is 9.27. The predicted octanol–water partition coefficient (Wildman–Crippen LogP) is 4.72. The monoisotopic (exact) mass is 383 g/mol. The molecule has 2 N–H and O–H groups in total. The van der Waals surface area contributed by atoms with Crippen LogP contribution < -0.4 is 10.6 Å². The fourth-order valence-electron chi connectivity index (χ4n) is 2.48. The predicted molar refractivity (Wildman–Crippen MR) is 106 cm³/mol. The highest BCUT2D eigenvalue weighted by Crippen LogP contribution is 2.25. The fourth-order valence-corrected chi connectivity index (χ4v) is 3.29. The molecule has 0 unspecified atom stereocenters. The first-order valence-electron chi connectivity index (χ1n) is 8.39. The summed E-state index contributed by atoms with van der Waals surface area (Å²) in [5.74, 6) is -1.39. The van der Waals surface area contributed by atoms with Gasteiger partial charge in [-0.15, -0.1) is 11.3 Å². The fraction of sp³-hybridized carbons (Fsp3) is 0.150. The number of halogens is 1. The summed E-state index contributed by atoms with van der Waals surface area (Å²) in [4.78, 5) is 27.9. The summed E-state index contributed by atoms with van der Waals surface area (Å²) in [6.07, 6.45) is 0.953. The molecule has 2 amide bonds. The molecule has 0 fully saturated rings. The Hall–Kier alpha value is -3.06. The van der Waals surface area contributed by atoms with Crippen LogP contribution >= 0.6 is 11.3 Å². The van der Waals surface area contributed by atoms with E-state index in [1.165, 1.54) is 42.0 Å². The molecule has 0 aliphatic rings. The molecule has 0 saturated heterocycles. The van der Waals surface area contributed by atoms with E-state index < -0.39 is 11.7 Å². The van der Waals surface area contributed by atoms with Gasteiger partial charge in [-0.05, 0) is 30.2 Å². The second-order valence-electron chi connectivity index (χ2n) is 5.92. The minimum absolute atomic E-state index is 0.0203. The van der Waals surface area contributed by atoms with E-state index in [9.17, 15) is 14.0 Å². The third-order valence-electron chi connectivity index (χ3n) is 3.88. The van der Waals surface area contributed by atoms with Crippen molar-refractivity contribution in [2.75, 3.05) is 10.6 Å². The van der Waals surface area contributed by atoms with Gasteiger partial charge in [-0.3, -0.25) is 9.59 Å². The van der Waals surface area contributed by atoms with Crippen molar-refractivity contribution < 1.29 is 14.0 Å². The lowest BCUT2D eigenvalue weighted by Crippen LogP contribution is -2.14. The van der Waals surface area contributed by atoms with Crippen molar-refractivity contribution in [1.82, 2.24) is 4.98 Å². The van der Waals surface area contributed by atoms with Gasteiger partial charge in [-0.2, -0.15) is 0 Å². The lowest BCUT2D eigenvalue weighted by Gasteiger charge is -2.08. The summed E-state index contributed by atoms with van der Waals surface area (Å²) in [7, 11) is 0. The molecule has 0 saturated carbocycles. The summed E-state index contributed by atoms with van der Waals surface area (Å²) in [6, 6.07) is 12.0. The van der Waals surface area contributed by atoms with Crippen LogP contribution in [0.25, 0.3) is 10.6 Å². The lowest BCUT2D eigenvalue weighted by molar-refractivity contribution is -0.114. The second-order valence-corrected chi connectivity index (χ2v) is 6.78. The largest absolute Gasteiger partial charge is 0.326 e. The molecule has 5 nitrogen and oxygen atoms in total. The molecule has 27 heavy (non-hydrogen) atoms. The Morgan fingerprint density at radius 1 is 1.11 bits per heavy atom. The zero-order valence-corrected chi connectivity index (χ0v) is 15.7. The average molecular weight is 383 g/mol.